The van der Waals surface area contributed by atoms with E-state index in [1.807, 2.05) is 25.1 Å². The lowest BCUT2D eigenvalue weighted by Crippen LogP contribution is -2.33. The maximum atomic E-state index is 12.1. The van der Waals surface area contributed by atoms with E-state index in [-0.39, 0.29) is 18.9 Å². The number of para-hydroxylation sites is 1. The van der Waals surface area contributed by atoms with Gasteiger partial charge in [0.1, 0.15) is 5.75 Å². The molecule has 0 spiro atoms. The van der Waals surface area contributed by atoms with Gasteiger partial charge in [-0.2, -0.15) is 0 Å². The molecule has 0 bridgehead atoms. The summed E-state index contributed by atoms with van der Waals surface area (Å²) in [6.45, 7) is 1.70. The van der Waals surface area contributed by atoms with Crippen molar-refractivity contribution in [2.45, 2.75) is 19.4 Å². The number of carbonyl (C=O) groups excluding carboxylic acids is 1. The van der Waals surface area contributed by atoms with Gasteiger partial charge in [-0.25, -0.2) is 0 Å². The lowest BCUT2D eigenvalue weighted by atomic mass is 10.0. The normalized spacial score (nSPS) is 11.6. The molecule has 0 saturated carbocycles. The van der Waals surface area contributed by atoms with Crippen LogP contribution in [0.4, 0.5) is 0 Å². The van der Waals surface area contributed by atoms with Crippen molar-refractivity contribution in [1.82, 2.24) is 5.32 Å². The summed E-state index contributed by atoms with van der Waals surface area (Å²) in [7, 11) is 0. The molecule has 2 aromatic carbocycles. The van der Waals surface area contributed by atoms with Gasteiger partial charge in [0.2, 0.25) is 0 Å². The minimum Gasteiger partial charge on any atom is -0.484 e. The monoisotopic (exact) mass is 347 g/mol. The molecule has 1 atom stereocenters. The maximum absolute atomic E-state index is 12.1. The first-order valence-corrected chi connectivity index (χ1v) is 7.78. The van der Waals surface area contributed by atoms with Crippen molar-refractivity contribution in [3.8, 4) is 5.75 Å². The van der Waals surface area contributed by atoms with E-state index in [1.54, 1.807) is 30.3 Å². The Hall–Kier alpha value is -2.53. The summed E-state index contributed by atoms with van der Waals surface area (Å²) in [6, 6.07) is 13.4. The van der Waals surface area contributed by atoms with Crippen LogP contribution in [-0.4, -0.2) is 23.6 Å². The third-order valence-electron chi connectivity index (χ3n) is 3.44. The fourth-order valence-corrected chi connectivity index (χ4v) is 2.35. The number of carbonyl (C=O) groups is 2. The van der Waals surface area contributed by atoms with Crippen LogP contribution in [0.1, 0.15) is 23.6 Å². The van der Waals surface area contributed by atoms with Crippen LogP contribution in [0.25, 0.3) is 0 Å². The molecule has 0 aliphatic rings. The first-order chi connectivity index (χ1) is 11.5. The Morgan fingerprint density at radius 2 is 1.83 bits per heavy atom. The second-order valence-electron chi connectivity index (χ2n) is 5.32. The highest BCUT2D eigenvalue weighted by Gasteiger charge is 2.18. The van der Waals surface area contributed by atoms with Crippen molar-refractivity contribution in [1.29, 1.82) is 0 Å². The molecule has 6 heteroatoms. The largest absolute Gasteiger partial charge is 0.484 e. The Labute approximate surface area is 145 Å². The minimum absolute atomic E-state index is 0.186. The highest BCUT2D eigenvalue weighted by atomic mass is 35.5. The summed E-state index contributed by atoms with van der Waals surface area (Å²) in [4.78, 5) is 23.2. The SMILES string of the molecule is Cc1ccccc1OCC(=O)NC(CC(=O)O)c1ccc(Cl)cc1. The van der Waals surface area contributed by atoms with E-state index >= 15 is 0 Å². The van der Waals surface area contributed by atoms with Crippen molar-refractivity contribution in [2.75, 3.05) is 6.61 Å². The highest BCUT2D eigenvalue weighted by molar-refractivity contribution is 6.30. The molecule has 0 saturated heterocycles. The van der Waals surface area contributed by atoms with Crippen LogP contribution in [0.15, 0.2) is 48.5 Å². The Morgan fingerprint density at radius 3 is 2.46 bits per heavy atom. The van der Waals surface area contributed by atoms with E-state index < -0.39 is 12.0 Å². The van der Waals surface area contributed by atoms with Gasteiger partial charge < -0.3 is 15.2 Å². The third kappa shape index (κ3) is 5.28. The lowest BCUT2D eigenvalue weighted by molar-refractivity contribution is -0.137. The van der Waals surface area contributed by atoms with Crippen molar-refractivity contribution in [3.63, 3.8) is 0 Å². The number of hydrogen-bond acceptors (Lipinski definition) is 3. The van der Waals surface area contributed by atoms with Gasteiger partial charge >= 0.3 is 5.97 Å². The molecule has 0 radical (unpaired) electrons. The van der Waals surface area contributed by atoms with Gasteiger partial charge in [-0.3, -0.25) is 9.59 Å². The van der Waals surface area contributed by atoms with Crippen molar-refractivity contribution < 1.29 is 19.4 Å². The number of carboxylic acids is 1. The molecule has 0 aromatic heterocycles. The standard InChI is InChI=1S/C18H18ClNO4/c1-12-4-2-3-5-16(12)24-11-17(21)20-15(10-18(22)23)13-6-8-14(19)9-7-13/h2-9,15H,10-11H2,1H3,(H,20,21)(H,22,23). The molecule has 0 heterocycles. The van der Waals surface area contributed by atoms with E-state index in [4.69, 9.17) is 21.4 Å². The maximum Gasteiger partial charge on any atom is 0.305 e. The smallest absolute Gasteiger partial charge is 0.305 e. The summed E-state index contributed by atoms with van der Waals surface area (Å²) in [6.07, 6.45) is -0.224. The van der Waals surface area contributed by atoms with Crippen LogP contribution in [0.3, 0.4) is 0 Å². The lowest BCUT2D eigenvalue weighted by Gasteiger charge is -2.18. The molecule has 0 aliphatic carbocycles. The summed E-state index contributed by atoms with van der Waals surface area (Å²) in [5.41, 5.74) is 1.59. The van der Waals surface area contributed by atoms with Gasteiger partial charge in [-0.15, -0.1) is 0 Å². The van der Waals surface area contributed by atoms with E-state index in [1.165, 1.54) is 0 Å². The second kappa shape index (κ2) is 8.36. The molecule has 2 aromatic rings. The van der Waals surface area contributed by atoms with Crippen LogP contribution in [0.5, 0.6) is 5.75 Å². The van der Waals surface area contributed by atoms with Crippen LogP contribution in [0.2, 0.25) is 5.02 Å². The molecule has 0 fully saturated rings. The van der Waals surface area contributed by atoms with Gasteiger partial charge in [0.05, 0.1) is 12.5 Å². The Bertz CT molecular complexity index is 715. The number of carboxylic acid groups (broad SMARTS) is 1. The number of nitrogens with one attached hydrogen (secondary N) is 1. The first kappa shape index (κ1) is 17.8. The summed E-state index contributed by atoms with van der Waals surface area (Å²) in [5.74, 6) is -0.775. The molecule has 0 aliphatic heterocycles. The number of aryl methyl sites for hydroxylation is 1. The molecule has 126 valence electrons. The zero-order chi connectivity index (χ0) is 17.5. The fraction of sp³-hybridized carbons (Fsp3) is 0.222. The number of rotatable bonds is 7. The molecular formula is C18H18ClNO4. The topological polar surface area (TPSA) is 75.6 Å². The van der Waals surface area contributed by atoms with E-state index in [0.717, 1.165) is 5.56 Å². The Kier molecular flexibility index (Phi) is 6.21. The van der Waals surface area contributed by atoms with E-state index in [9.17, 15) is 9.59 Å². The van der Waals surface area contributed by atoms with Gasteiger partial charge in [0.15, 0.2) is 6.61 Å². The minimum atomic E-state index is -1.00. The molecule has 1 unspecified atom stereocenters. The molecule has 5 nitrogen and oxygen atoms in total. The van der Waals surface area contributed by atoms with Crippen LogP contribution in [-0.2, 0) is 9.59 Å². The zero-order valence-corrected chi connectivity index (χ0v) is 13.9. The number of ether oxygens (including phenoxy) is 1. The summed E-state index contributed by atoms with van der Waals surface area (Å²) in [5, 5.41) is 12.3. The van der Waals surface area contributed by atoms with Gasteiger partial charge in [0, 0.05) is 5.02 Å². The fourth-order valence-electron chi connectivity index (χ4n) is 2.22. The molecular weight excluding hydrogens is 330 g/mol. The third-order valence-corrected chi connectivity index (χ3v) is 3.69. The number of hydrogen-bond donors (Lipinski definition) is 2. The van der Waals surface area contributed by atoms with Gasteiger partial charge in [-0.1, -0.05) is 41.9 Å². The number of amides is 1. The average Bonchev–Trinajstić information content (AvgIpc) is 2.54. The molecule has 2 N–H and O–H groups in total. The van der Waals surface area contributed by atoms with E-state index in [2.05, 4.69) is 5.32 Å². The number of aliphatic carboxylic acids is 1. The van der Waals surface area contributed by atoms with Gasteiger partial charge in [0.25, 0.3) is 5.91 Å². The highest BCUT2D eigenvalue weighted by Crippen LogP contribution is 2.20. The van der Waals surface area contributed by atoms with Crippen LogP contribution < -0.4 is 10.1 Å². The Balaban J connectivity index is 2.00. The number of halogens is 1. The molecule has 24 heavy (non-hydrogen) atoms. The quantitative estimate of drug-likeness (QED) is 0.805. The summed E-state index contributed by atoms with van der Waals surface area (Å²) < 4.78 is 5.48. The van der Waals surface area contributed by atoms with E-state index in [0.29, 0.717) is 16.3 Å². The predicted molar refractivity (Wildman–Crippen MR) is 91.3 cm³/mol. The van der Waals surface area contributed by atoms with Crippen molar-refractivity contribution in [3.05, 3.63) is 64.7 Å². The number of benzene rings is 2. The molecule has 1 amide bonds. The Morgan fingerprint density at radius 1 is 1.17 bits per heavy atom. The van der Waals surface area contributed by atoms with Crippen LogP contribution >= 0.6 is 11.6 Å². The van der Waals surface area contributed by atoms with Crippen LogP contribution in [0, 0.1) is 6.92 Å². The zero-order valence-electron chi connectivity index (χ0n) is 13.2. The molecule has 2 rings (SSSR count). The average molecular weight is 348 g/mol. The summed E-state index contributed by atoms with van der Waals surface area (Å²) >= 11 is 5.84. The van der Waals surface area contributed by atoms with Crippen molar-refractivity contribution >= 4 is 23.5 Å². The van der Waals surface area contributed by atoms with Crippen molar-refractivity contribution in [2.24, 2.45) is 0 Å². The first-order valence-electron chi connectivity index (χ1n) is 7.41. The second-order valence-corrected chi connectivity index (χ2v) is 5.76. The van der Waals surface area contributed by atoms with Gasteiger partial charge in [-0.05, 0) is 36.2 Å². The predicted octanol–water partition coefficient (Wildman–Crippen LogP) is 3.36.